The molecule has 1 unspecified atom stereocenters. The van der Waals surface area contributed by atoms with Crippen LogP contribution in [0.4, 0.5) is 5.69 Å². The van der Waals surface area contributed by atoms with E-state index in [0.29, 0.717) is 10.6 Å². The van der Waals surface area contributed by atoms with Gasteiger partial charge in [-0.05, 0) is 36.9 Å². The number of carbonyl (C=O) groups is 2. The summed E-state index contributed by atoms with van der Waals surface area (Å²) < 4.78 is 15.6. The van der Waals surface area contributed by atoms with Crippen molar-refractivity contribution in [1.29, 1.82) is 0 Å². The average Bonchev–Trinajstić information content (AvgIpc) is 3.36. The lowest BCUT2D eigenvalue weighted by Crippen LogP contribution is -2.33. The summed E-state index contributed by atoms with van der Waals surface area (Å²) in [4.78, 5) is 26.9. The topological polar surface area (TPSA) is 77.1 Å². The Balaban J connectivity index is 1.71. The molecule has 0 aliphatic carbocycles. The number of esters is 1. The van der Waals surface area contributed by atoms with Gasteiger partial charge in [-0.25, -0.2) is 4.79 Å². The molecule has 150 valence electrons. The Morgan fingerprint density at radius 1 is 1.21 bits per heavy atom. The summed E-state index contributed by atoms with van der Waals surface area (Å²) in [5, 5.41) is 4.58. The molecule has 1 fully saturated rings. The number of rotatable bonds is 7. The molecule has 28 heavy (non-hydrogen) atoms. The molecule has 0 radical (unpaired) electrons. The molecule has 0 spiro atoms. The molecule has 1 aromatic heterocycles. The van der Waals surface area contributed by atoms with Crippen molar-refractivity contribution in [2.75, 3.05) is 39.7 Å². The van der Waals surface area contributed by atoms with Crippen LogP contribution in [0.1, 0.15) is 34.1 Å². The van der Waals surface area contributed by atoms with E-state index in [2.05, 4.69) is 10.2 Å². The summed E-state index contributed by atoms with van der Waals surface area (Å²) in [7, 11) is 4.58. The first-order valence-corrected chi connectivity index (χ1v) is 9.87. The lowest BCUT2D eigenvalue weighted by Gasteiger charge is -2.25. The molecule has 7 nitrogen and oxygen atoms in total. The number of likely N-dealkylation sites (tertiary alicyclic amines) is 1. The van der Waals surface area contributed by atoms with Gasteiger partial charge in [0.15, 0.2) is 0 Å². The first kappa shape index (κ1) is 20.2. The van der Waals surface area contributed by atoms with Crippen molar-refractivity contribution in [3.63, 3.8) is 0 Å². The van der Waals surface area contributed by atoms with Gasteiger partial charge in [0, 0.05) is 17.7 Å². The van der Waals surface area contributed by atoms with Crippen LogP contribution in [0.2, 0.25) is 0 Å². The molecular weight excluding hydrogens is 380 g/mol. The van der Waals surface area contributed by atoms with Crippen LogP contribution in [-0.4, -0.2) is 51.2 Å². The Morgan fingerprint density at radius 2 is 2.04 bits per heavy atom. The second kappa shape index (κ2) is 9.07. The SMILES string of the molecule is COC(=O)c1sccc1NC(=O)CN1CCCC1c1ccc(OC)cc1OC. The fraction of sp³-hybridized carbons (Fsp3) is 0.400. The minimum Gasteiger partial charge on any atom is -0.497 e. The minimum absolute atomic E-state index is 0.0918. The smallest absolute Gasteiger partial charge is 0.350 e. The Morgan fingerprint density at radius 3 is 2.75 bits per heavy atom. The lowest BCUT2D eigenvalue weighted by atomic mass is 10.0. The fourth-order valence-electron chi connectivity index (χ4n) is 3.49. The summed E-state index contributed by atoms with van der Waals surface area (Å²) in [6, 6.07) is 7.56. The zero-order chi connectivity index (χ0) is 20.1. The van der Waals surface area contributed by atoms with E-state index in [1.165, 1.54) is 18.4 Å². The van der Waals surface area contributed by atoms with E-state index in [1.807, 2.05) is 18.2 Å². The van der Waals surface area contributed by atoms with Crippen LogP contribution >= 0.6 is 11.3 Å². The summed E-state index contributed by atoms with van der Waals surface area (Å²) in [5.74, 6) is 0.869. The third-order valence-electron chi connectivity index (χ3n) is 4.82. The molecule has 2 heterocycles. The van der Waals surface area contributed by atoms with Gasteiger partial charge in [0.25, 0.3) is 0 Å². The van der Waals surface area contributed by atoms with E-state index >= 15 is 0 Å². The fourth-order valence-corrected chi connectivity index (χ4v) is 4.26. The number of benzene rings is 1. The molecule has 8 heteroatoms. The van der Waals surface area contributed by atoms with Crippen LogP contribution in [0.3, 0.4) is 0 Å². The zero-order valence-corrected chi connectivity index (χ0v) is 17.0. The van der Waals surface area contributed by atoms with Crippen LogP contribution in [0.25, 0.3) is 0 Å². The standard InChI is InChI=1S/C20H24N2O5S/c1-25-13-6-7-14(17(11-13)26-2)16-5-4-9-22(16)12-18(23)21-15-8-10-28-19(15)20(24)27-3/h6-8,10-11,16H,4-5,9,12H2,1-3H3,(H,21,23). The van der Waals surface area contributed by atoms with Crippen molar-refractivity contribution in [2.24, 2.45) is 0 Å². The maximum atomic E-state index is 12.6. The average molecular weight is 404 g/mol. The molecule has 1 aliphatic heterocycles. The van der Waals surface area contributed by atoms with Crippen molar-refractivity contribution in [3.8, 4) is 11.5 Å². The highest BCUT2D eigenvalue weighted by Crippen LogP contribution is 2.38. The lowest BCUT2D eigenvalue weighted by molar-refractivity contribution is -0.117. The van der Waals surface area contributed by atoms with Gasteiger partial charge in [0.05, 0.1) is 33.6 Å². The van der Waals surface area contributed by atoms with Gasteiger partial charge in [-0.15, -0.1) is 11.3 Å². The van der Waals surface area contributed by atoms with Gasteiger partial charge in [-0.2, -0.15) is 0 Å². The molecule has 0 saturated carbocycles. The number of ether oxygens (including phenoxy) is 3. The predicted octanol–water partition coefficient (Wildman–Crippen LogP) is 3.33. The first-order chi connectivity index (χ1) is 13.6. The second-order valence-corrected chi connectivity index (χ2v) is 7.36. The third-order valence-corrected chi connectivity index (χ3v) is 5.71. The molecule has 0 bridgehead atoms. The summed E-state index contributed by atoms with van der Waals surface area (Å²) in [5.41, 5.74) is 1.53. The predicted molar refractivity (Wildman–Crippen MR) is 107 cm³/mol. The van der Waals surface area contributed by atoms with Gasteiger partial charge < -0.3 is 19.5 Å². The van der Waals surface area contributed by atoms with E-state index in [9.17, 15) is 9.59 Å². The van der Waals surface area contributed by atoms with E-state index < -0.39 is 5.97 Å². The Hall–Kier alpha value is -2.58. The van der Waals surface area contributed by atoms with Crippen molar-refractivity contribution in [1.82, 2.24) is 4.90 Å². The first-order valence-electron chi connectivity index (χ1n) is 8.99. The van der Waals surface area contributed by atoms with Crippen LogP contribution < -0.4 is 14.8 Å². The molecule has 1 aliphatic rings. The number of nitrogens with one attached hydrogen (secondary N) is 1. The van der Waals surface area contributed by atoms with Gasteiger partial charge in [0.2, 0.25) is 5.91 Å². The largest absolute Gasteiger partial charge is 0.497 e. The highest BCUT2D eigenvalue weighted by molar-refractivity contribution is 7.12. The maximum absolute atomic E-state index is 12.6. The molecule has 1 atom stereocenters. The molecule has 3 rings (SSSR count). The van der Waals surface area contributed by atoms with E-state index in [4.69, 9.17) is 14.2 Å². The van der Waals surface area contributed by atoms with Crippen LogP contribution in [0, 0.1) is 0 Å². The molecule has 1 aromatic carbocycles. The zero-order valence-electron chi connectivity index (χ0n) is 16.2. The number of methoxy groups -OCH3 is 3. The van der Waals surface area contributed by atoms with Gasteiger partial charge in [-0.3, -0.25) is 9.69 Å². The molecule has 1 amide bonds. The number of thiophene rings is 1. The van der Waals surface area contributed by atoms with Crippen LogP contribution in [0.5, 0.6) is 11.5 Å². The Bertz CT molecular complexity index is 851. The maximum Gasteiger partial charge on any atom is 0.350 e. The van der Waals surface area contributed by atoms with E-state index in [1.54, 1.807) is 25.7 Å². The number of carbonyl (C=O) groups excluding carboxylic acids is 2. The minimum atomic E-state index is -0.452. The third kappa shape index (κ3) is 4.28. The highest BCUT2D eigenvalue weighted by atomic mass is 32.1. The normalized spacial score (nSPS) is 16.6. The van der Waals surface area contributed by atoms with Crippen LogP contribution in [0.15, 0.2) is 29.6 Å². The Labute approximate surface area is 168 Å². The summed E-state index contributed by atoms with van der Waals surface area (Å²) in [6.45, 7) is 1.05. The molecule has 2 aromatic rings. The number of hydrogen-bond acceptors (Lipinski definition) is 7. The number of hydrogen-bond donors (Lipinski definition) is 1. The highest BCUT2D eigenvalue weighted by Gasteiger charge is 2.30. The van der Waals surface area contributed by atoms with Gasteiger partial charge in [0.1, 0.15) is 16.4 Å². The molecule has 1 N–H and O–H groups in total. The Kier molecular flexibility index (Phi) is 6.53. The van der Waals surface area contributed by atoms with E-state index in [-0.39, 0.29) is 18.5 Å². The quantitative estimate of drug-likeness (QED) is 0.714. The van der Waals surface area contributed by atoms with E-state index in [0.717, 1.165) is 36.4 Å². The second-order valence-electron chi connectivity index (χ2n) is 6.44. The number of amides is 1. The van der Waals surface area contributed by atoms with Crippen molar-refractivity contribution in [2.45, 2.75) is 18.9 Å². The van der Waals surface area contributed by atoms with Gasteiger partial charge >= 0.3 is 5.97 Å². The molecule has 1 saturated heterocycles. The van der Waals surface area contributed by atoms with Crippen molar-refractivity contribution < 1.29 is 23.8 Å². The monoisotopic (exact) mass is 404 g/mol. The van der Waals surface area contributed by atoms with Gasteiger partial charge in [-0.1, -0.05) is 6.07 Å². The molecular formula is C20H24N2O5S. The summed E-state index contributed by atoms with van der Waals surface area (Å²) >= 11 is 1.24. The van der Waals surface area contributed by atoms with Crippen LogP contribution in [-0.2, 0) is 9.53 Å². The van der Waals surface area contributed by atoms with Crippen molar-refractivity contribution >= 4 is 28.9 Å². The number of nitrogens with zero attached hydrogens (tertiary/aromatic N) is 1. The summed E-state index contributed by atoms with van der Waals surface area (Å²) in [6.07, 6.45) is 1.95. The number of anilines is 1. The van der Waals surface area contributed by atoms with Crippen molar-refractivity contribution in [3.05, 3.63) is 40.1 Å².